The quantitative estimate of drug-likeness (QED) is 0.488. The van der Waals surface area contributed by atoms with Crippen molar-refractivity contribution >= 4 is 22.6 Å². The summed E-state index contributed by atoms with van der Waals surface area (Å²) in [5, 5.41) is 8.37. The molecule has 0 aromatic carbocycles. The van der Waals surface area contributed by atoms with Crippen LogP contribution in [-0.2, 0) is 0 Å². The van der Waals surface area contributed by atoms with Crippen molar-refractivity contribution in [1.29, 1.82) is 0 Å². The van der Waals surface area contributed by atoms with Crippen LogP contribution in [0.1, 0.15) is 6.42 Å². The predicted octanol–water partition coefficient (Wildman–Crippen LogP) is 0.802. The van der Waals surface area contributed by atoms with Crippen LogP contribution >= 0.6 is 22.6 Å². The molecule has 0 saturated heterocycles. The van der Waals surface area contributed by atoms with E-state index in [1.54, 1.807) is 0 Å². The van der Waals surface area contributed by atoms with Crippen LogP contribution in [0.5, 0.6) is 0 Å². The van der Waals surface area contributed by atoms with Gasteiger partial charge in [-0.25, -0.2) is 0 Å². The van der Waals surface area contributed by atoms with Crippen molar-refractivity contribution in [3.05, 3.63) is 0 Å². The zero-order chi connectivity index (χ0) is 4.57. The van der Waals surface area contributed by atoms with Crippen molar-refractivity contribution in [3.8, 4) is 0 Å². The summed E-state index contributed by atoms with van der Waals surface area (Å²) in [5.74, 6) is 0.644. The van der Waals surface area contributed by atoms with Gasteiger partial charge in [0.25, 0.3) is 0 Å². The first kappa shape index (κ1) is 4.84. The van der Waals surface area contributed by atoms with Crippen molar-refractivity contribution in [2.45, 2.75) is 10.3 Å². The topological polar surface area (TPSA) is 20.2 Å². The molecule has 1 rings (SSSR count). The molecule has 6 heavy (non-hydrogen) atoms. The van der Waals surface area contributed by atoms with Gasteiger partial charge in [-0.1, -0.05) is 22.6 Å². The lowest BCUT2D eigenvalue weighted by molar-refractivity contribution is 0.278. The van der Waals surface area contributed by atoms with Gasteiger partial charge in [0.2, 0.25) is 0 Å². The highest BCUT2D eigenvalue weighted by molar-refractivity contribution is 14.1. The molecular formula is C4H7IO. The SMILES string of the molecule is OC[C@@H]1C[C@@H]1I. The first-order chi connectivity index (χ1) is 2.84. The number of hydrogen-bond donors (Lipinski definition) is 1. The monoisotopic (exact) mass is 198 g/mol. The van der Waals surface area contributed by atoms with Gasteiger partial charge in [-0.15, -0.1) is 0 Å². The largest absolute Gasteiger partial charge is 0.396 e. The third-order valence-corrected chi connectivity index (χ3v) is 2.60. The molecule has 1 nitrogen and oxygen atoms in total. The molecule has 1 fully saturated rings. The summed E-state index contributed by atoms with van der Waals surface area (Å²) in [4.78, 5) is 0. The van der Waals surface area contributed by atoms with Crippen LogP contribution < -0.4 is 0 Å². The molecule has 1 aliphatic carbocycles. The molecule has 2 heteroatoms. The molecule has 0 amide bonds. The minimum atomic E-state index is 0.396. The van der Waals surface area contributed by atoms with Gasteiger partial charge in [-0.2, -0.15) is 0 Å². The van der Waals surface area contributed by atoms with E-state index in [4.69, 9.17) is 5.11 Å². The minimum absolute atomic E-state index is 0.396. The second kappa shape index (κ2) is 1.66. The van der Waals surface area contributed by atoms with E-state index in [0.29, 0.717) is 12.5 Å². The molecular weight excluding hydrogens is 191 g/mol. The average Bonchev–Trinajstić information content (AvgIpc) is 2.19. The first-order valence-electron chi connectivity index (χ1n) is 2.09. The Morgan fingerprint density at radius 2 is 2.33 bits per heavy atom. The lowest BCUT2D eigenvalue weighted by Crippen LogP contribution is -1.84. The van der Waals surface area contributed by atoms with E-state index in [0.717, 1.165) is 3.92 Å². The van der Waals surface area contributed by atoms with Crippen LogP contribution in [0.25, 0.3) is 0 Å². The van der Waals surface area contributed by atoms with Crippen LogP contribution in [0.3, 0.4) is 0 Å². The fraction of sp³-hybridized carbons (Fsp3) is 1.00. The van der Waals surface area contributed by atoms with E-state index in [1.807, 2.05) is 0 Å². The second-order valence-electron chi connectivity index (χ2n) is 1.69. The highest BCUT2D eigenvalue weighted by atomic mass is 127. The number of hydrogen-bond acceptors (Lipinski definition) is 1. The van der Waals surface area contributed by atoms with Gasteiger partial charge in [0.05, 0.1) is 0 Å². The van der Waals surface area contributed by atoms with Crippen molar-refractivity contribution in [2.75, 3.05) is 6.61 Å². The summed E-state index contributed by atoms with van der Waals surface area (Å²) >= 11 is 2.36. The van der Waals surface area contributed by atoms with Gasteiger partial charge in [-0.3, -0.25) is 0 Å². The molecule has 36 valence electrons. The van der Waals surface area contributed by atoms with Crippen molar-refractivity contribution in [1.82, 2.24) is 0 Å². The Morgan fingerprint density at radius 3 is 2.33 bits per heavy atom. The minimum Gasteiger partial charge on any atom is -0.396 e. The second-order valence-corrected chi connectivity index (χ2v) is 3.29. The number of alkyl halides is 1. The Morgan fingerprint density at radius 1 is 1.83 bits per heavy atom. The van der Waals surface area contributed by atoms with Crippen LogP contribution in [-0.4, -0.2) is 15.6 Å². The number of aliphatic hydroxyl groups excluding tert-OH is 1. The standard InChI is InChI=1S/C4H7IO/c5-4-1-3(4)2-6/h3-4,6H,1-2H2/t3-,4-/m0/s1. The predicted molar refractivity (Wildman–Crippen MR) is 33.0 cm³/mol. The summed E-state index contributed by atoms with van der Waals surface area (Å²) in [6.45, 7) is 0.396. The maximum atomic E-state index is 8.37. The van der Waals surface area contributed by atoms with Crippen molar-refractivity contribution in [3.63, 3.8) is 0 Å². The molecule has 0 radical (unpaired) electrons. The molecule has 2 atom stereocenters. The Bertz CT molecular complexity index is 53.5. The Hall–Kier alpha value is 0.690. The Kier molecular flexibility index (Phi) is 1.34. The van der Waals surface area contributed by atoms with Crippen molar-refractivity contribution < 1.29 is 5.11 Å². The molecule has 0 unspecified atom stereocenters. The molecule has 0 bridgehead atoms. The molecule has 0 aromatic heterocycles. The molecule has 1 saturated carbocycles. The van der Waals surface area contributed by atoms with Crippen LogP contribution in [0.15, 0.2) is 0 Å². The normalized spacial score (nSPS) is 43.0. The van der Waals surface area contributed by atoms with Crippen LogP contribution in [0, 0.1) is 5.92 Å². The van der Waals surface area contributed by atoms with Gasteiger partial charge in [-0.05, 0) is 12.3 Å². The smallest absolute Gasteiger partial charge is 0.0469 e. The van der Waals surface area contributed by atoms with Crippen LogP contribution in [0.4, 0.5) is 0 Å². The third-order valence-electron chi connectivity index (χ3n) is 1.07. The van der Waals surface area contributed by atoms with Gasteiger partial charge in [0.1, 0.15) is 0 Å². The van der Waals surface area contributed by atoms with Gasteiger partial charge in [0.15, 0.2) is 0 Å². The van der Waals surface area contributed by atoms with Gasteiger partial charge < -0.3 is 5.11 Å². The number of aliphatic hydroxyl groups is 1. The molecule has 1 aliphatic rings. The van der Waals surface area contributed by atoms with Gasteiger partial charge in [0, 0.05) is 10.5 Å². The van der Waals surface area contributed by atoms with Crippen LogP contribution in [0.2, 0.25) is 0 Å². The number of rotatable bonds is 1. The Labute approximate surface area is 50.9 Å². The Balaban J connectivity index is 2.09. The van der Waals surface area contributed by atoms with E-state index >= 15 is 0 Å². The van der Waals surface area contributed by atoms with E-state index in [2.05, 4.69) is 22.6 Å². The van der Waals surface area contributed by atoms with E-state index in [-0.39, 0.29) is 0 Å². The maximum absolute atomic E-state index is 8.37. The summed E-state index contributed by atoms with van der Waals surface area (Å²) < 4.78 is 0.785. The van der Waals surface area contributed by atoms with E-state index in [9.17, 15) is 0 Å². The highest BCUT2D eigenvalue weighted by Gasteiger charge is 2.33. The molecule has 0 spiro atoms. The lowest BCUT2D eigenvalue weighted by atomic mass is 10.5. The van der Waals surface area contributed by atoms with E-state index < -0.39 is 0 Å². The summed E-state index contributed by atoms with van der Waals surface area (Å²) in [5.41, 5.74) is 0. The molecule has 1 N–H and O–H groups in total. The summed E-state index contributed by atoms with van der Waals surface area (Å²) in [6.07, 6.45) is 1.23. The maximum Gasteiger partial charge on any atom is 0.0469 e. The average molecular weight is 198 g/mol. The third kappa shape index (κ3) is 0.846. The highest BCUT2D eigenvalue weighted by Crippen LogP contribution is 2.37. The summed E-state index contributed by atoms with van der Waals surface area (Å²) in [7, 11) is 0. The van der Waals surface area contributed by atoms with Gasteiger partial charge >= 0.3 is 0 Å². The molecule has 0 aliphatic heterocycles. The molecule has 0 heterocycles. The van der Waals surface area contributed by atoms with E-state index in [1.165, 1.54) is 6.42 Å². The van der Waals surface area contributed by atoms with Crippen molar-refractivity contribution in [2.24, 2.45) is 5.92 Å². The zero-order valence-corrected chi connectivity index (χ0v) is 5.55. The fourth-order valence-corrected chi connectivity index (χ4v) is 1.28. The number of halogens is 1. The summed E-state index contributed by atoms with van der Waals surface area (Å²) in [6, 6.07) is 0. The first-order valence-corrected chi connectivity index (χ1v) is 3.34. The zero-order valence-electron chi connectivity index (χ0n) is 3.39. The lowest BCUT2D eigenvalue weighted by Gasteiger charge is -1.78. The molecule has 0 aromatic rings. The fourth-order valence-electron chi connectivity index (χ4n) is 0.400.